The first-order chi connectivity index (χ1) is 16.4. The van der Waals surface area contributed by atoms with E-state index in [-0.39, 0.29) is 36.9 Å². The molecule has 34 heavy (non-hydrogen) atoms. The highest BCUT2D eigenvalue weighted by atomic mass is 16.3. The Bertz CT molecular complexity index is 1240. The van der Waals surface area contributed by atoms with Crippen molar-refractivity contribution in [3.05, 3.63) is 54.1 Å². The van der Waals surface area contributed by atoms with Crippen LogP contribution in [-0.2, 0) is 22.7 Å². The third kappa shape index (κ3) is 3.77. The van der Waals surface area contributed by atoms with Gasteiger partial charge < -0.3 is 24.5 Å². The monoisotopic (exact) mass is 462 g/mol. The Balaban J connectivity index is 1.61. The van der Waals surface area contributed by atoms with Gasteiger partial charge in [-0.15, -0.1) is 0 Å². The molecule has 178 valence electrons. The fourth-order valence-corrected chi connectivity index (χ4v) is 5.32. The van der Waals surface area contributed by atoms with Crippen LogP contribution >= 0.6 is 0 Å². The number of benzene rings is 1. The van der Waals surface area contributed by atoms with Crippen LogP contribution in [0.5, 0.6) is 0 Å². The first-order valence-electron chi connectivity index (χ1n) is 11.9. The van der Waals surface area contributed by atoms with E-state index in [4.69, 9.17) is 4.42 Å². The Morgan fingerprint density at radius 2 is 1.88 bits per heavy atom. The fraction of sp³-hybridized carbons (Fsp3) is 0.423. The minimum absolute atomic E-state index is 0.122. The van der Waals surface area contributed by atoms with E-state index < -0.39 is 5.54 Å². The smallest absolute Gasteiger partial charge is 0.274 e. The van der Waals surface area contributed by atoms with Crippen molar-refractivity contribution in [2.45, 2.75) is 70.6 Å². The molecule has 5 rings (SSSR count). The van der Waals surface area contributed by atoms with Gasteiger partial charge in [-0.3, -0.25) is 14.4 Å². The van der Waals surface area contributed by atoms with E-state index in [0.29, 0.717) is 17.1 Å². The molecule has 1 unspecified atom stereocenters. The number of rotatable bonds is 5. The van der Waals surface area contributed by atoms with Crippen LogP contribution in [0.1, 0.15) is 62.2 Å². The van der Waals surface area contributed by atoms with Crippen molar-refractivity contribution in [2.75, 3.05) is 5.32 Å². The summed E-state index contributed by atoms with van der Waals surface area (Å²) in [5.41, 5.74) is 0.533. The SMILES string of the molecule is CC(=O)Nc1c2n(c3ccccc13)CC(C)(C(=O)NC1CCCCC1)N(Cc1ccco1)C2=O. The molecular weight excluding hydrogens is 432 g/mol. The third-order valence-corrected chi connectivity index (χ3v) is 7.11. The van der Waals surface area contributed by atoms with Gasteiger partial charge in [0, 0.05) is 18.4 Å². The van der Waals surface area contributed by atoms with Gasteiger partial charge in [0.2, 0.25) is 11.8 Å². The lowest BCUT2D eigenvalue weighted by Crippen LogP contribution is -2.64. The number of carbonyl (C=O) groups excluding carboxylic acids is 3. The van der Waals surface area contributed by atoms with Crippen molar-refractivity contribution in [2.24, 2.45) is 0 Å². The Hall–Kier alpha value is -3.55. The van der Waals surface area contributed by atoms with Crippen molar-refractivity contribution in [3.8, 4) is 0 Å². The lowest BCUT2D eigenvalue weighted by atomic mass is 9.91. The number of anilines is 1. The summed E-state index contributed by atoms with van der Waals surface area (Å²) >= 11 is 0. The average Bonchev–Trinajstić information content (AvgIpc) is 3.44. The predicted octanol–water partition coefficient (Wildman–Crippen LogP) is 4.06. The summed E-state index contributed by atoms with van der Waals surface area (Å²) in [6, 6.07) is 11.3. The maximum Gasteiger partial charge on any atom is 0.274 e. The number of carbonyl (C=O) groups is 3. The van der Waals surface area contributed by atoms with Crippen LogP contribution in [0.15, 0.2) is 47.1 Å². The second-order valence-electron chi connectivity index (χ2n) is 9.56. The summed E-state index contributed by atoms with van der Waals surface area (Å²) in [5.74, 6) is -0.142. The average molecular weight is 463 g/mol. The number of furan rings is 1. The molecule has 2 aliphatic rings. The standard InChI is InChI=1S/C26H30N4O4/c1-17(31)27-22-20-12-6-7-13-21(20)29-16-26(2,25(33)28-18-9-4-3-5-10-18)30(24(32)23(22)29)15-19-11-8-14-34-19/h6-8,11-14,18H,3-5,9-10,15-16H2,1-2H3,(H,27,31)(H,28,33). The van der Waals surface area contributed by atoms with E-state index in [1.165, 1.54) is 13.3 Å². The molecule has 1 aromatic carbocycles. The molecule has 3 heterocycles. The summed E-state index contributed by atoms with van der Waals surface area (Å²) in [6.45, 7) is 3.67. The highest BCUT2D eigenvalue weighted by Crippen LogP contribution is 2.39. The topological polar surface area (TPSA) is 96.6 Å². The molecule has 2 N–H and O–H groups in total. The number of nitrogens with zero attached hydrogens (tertiary/aromatic N) is 2. The maximum atomic E-state index is 14.1. The Morgan fingerprint density at radius 1 is 1.12 bits per heavy atom. The number of hydrogen-bond donors (Lipinski definition) is 2. The minimum Gasteiger partial charge on any atom is -0.467 e. The largest absolute Gasteiger partial charge is 0.467 e. The number of amides is 3. The zero-order valence-corrected chi connectivity index (χ0v) is 19.6. The second-order valence-corrected chi connectivity index (χ2v) is 9.56. The number of aromatic nitrogens is 1. The van der Waals surface area contributed by atoms with Gasteiger partial charge >= 0.3 is 0 Å². The zero-order chi connectivity index (χ0) is 23.9. The molecule has 1 fully saturated rings. The van der Waals surface area contributed by atoms with Crippen LogP contribution in [0, 0.1) is 0 Å². The zero-order valence-electron chi connectivity index (χ0n) is 19.6. The van der Waals surface area contributed by atoms with Gasteiger partial charge in [0.25, 0.3) is 5.91 Å². The molecule has 1 saturated carbocycles. The van der Waals surface area contributed by atoms with Crippen LogP contribution < -0.4 is 10.6 Å². The fourth-order valence-electron chi connectivity index (χ4n) is 5.32. The van der Waals surface area contributed by atoms with Crippen molar-refractivity contribution in [1.82, 2.24) is 14.8 Å². The van der Waals surface area contributed by atoms with Crippen LogP contribution in [0.3, 0.4) is 0 Å². The molecule has 1 atom stereocenters. The molecule has 3 aromatic rings. The summed E-state index contributed by atoms with van der Waals surface area (Å²) in [4.78, 5) is 41.4. The molecule has 1 aliphatic heterocycles. The molecule has 0 radical (unpaired) electrons. The highest BCUT2D eigenvalue weighted by Gasteiger charge is 2.49. The van der Waals surface area contributed by atoms with Gasteiger partial charge in [-0.2, -0.15) is 0 Å². The lowest BCUT2D eigenvalue weighted by molar-refractivity contribution is -0.134. The number of hydrogen-bond acceptors (Lipinski definition) is 4. The van der Waals surface area contributed by atoms with Crippen molar-refractivity contribution < 1.29 is 18.8 Å². The molecule has 3 amide bonds. The van der Waals surface area contributed by atoms with E-state index in [1.54, 1.807) is 23.3 Å². The van der Waals surface area contributed by atoms with E-state index in [9.17, 15) is 14.4 Å². The van der Waals surface area contributed by atoms with Gasteiger partial charge in [0.05, 0.1) is 30.6 Å². The minimum atomic E-state index is -1.14. The quantitative estimate of drug-likeness (QED) is 0.598. The van der Waals surface area contributed by atoms with Gasteiger partial charge in [0.15, 0.2) is 0 Å². The molecule has 0 bridgehead atoms. The second kappa shape index (κ2) is 8.66. The van der Waals surface area contributed by atoms with E-state index in [1.807, 2.05) is 35.8 Å². The summed E-state index contributed by atoms with van der Waals surface area (Å²) in [5, 5.41) is 6.86. The molecule has 8 heteroatoms. The first-order valence-corrected chi connectivity index (χ1v) is 11.9. The van der Waals surface area contributed by atoms with E-state index >= 15 is 0 Å². The highest BCUT2D eigenvalue weighted by molar-refractivity contribution is 6.14. The first kappa shape index (κ1) is 22.3. The molecule has 0 spiro atoms. The van der Waals surface area contributed by atoms with E-state index in [0.717, 1.165) is 36.6 Å². The summed E-state index contributed by atoms with van der Waals surface area (Å²) in [7, 11) is 0. The van der Waals surface area contributed by atoms with Crippen LogP contribution in [0.4, 0.5) is 5.69 Å². The Labute approximate surface area is 198 Å². The van der Waals surface area contributed by atoms with Crippen LogP contribution in [0.2, 0.25) is 0 Å². The van der Waals surface area contributed by atoms with Gasteiger partial charge in [0.1, 0.15) is 17.0 Å². The number of nitrogens with one attached hydrogen (secondary N) is 2. The van der Waals surface area contributed by atoms with Gasteiger partial charge in [-0.25, -0.2) is 0 Å². The van der Waals surface area contributed by atoms with Crippen molar-refractivity contribution >= 4 is 34.3 Å². The molecule has 8 nitrogen and oxygen atoms in total. The third-order valence-electron chi connectivity index (χ3n) is 7.11. The van der Waals surface area contributed by atoms with Gasteiger partial charge in [-0.1, -0.05) is 37.5 Å². The molecular formula is C26H30N4O4. The van der Waals surface area contributed by atoms with E-state index in [2.05, 4.69) is 10.6 Å². The Morgan fingerprint density at radius 3 is 2.59 bits per heavy atom. The maximum absolute atomic E-state index is 14.1. The van der Waals surface area contributed by atoms with Crippen molar-refractivity contribution in [3.63, 3.8) is 0 Å². The predicted molar refractivity (Wildman–Crippen MR) is 128 cm³/mol. The van der Waals surface area contributed by atoms with Gasteiger partial charge in [-0.05, 0) is 38.0 Å². The van der Waals surface area contributed by atoms with Crippen LogP contribution in [-0.4, -0.2) is 38.8 Å². The normalized spacial score (nSPS) is 20.9. The molecule has 0 saturated heterocycles. The molecule has 2 aromatic heterocycles. The van der Waals surface area contributed by atoms with Crippen LogP contribution in [0.25, 0.3) is 10.9 Å². The molecule has 1 aliphatic carbocycles. The number of para-hydroxylation sites is 1. The summed E-state index contributed by atoms with van der Waals surface area (Å²) in [6.07, 6.45) is 6.86. The lowest BCUT2D eigenvalue weighted by Gasteiger charge is -2.44. The Kier molecular flexibility index (Phi) is 5.67. The van der Waals surface area contributed by atoms with Crippen molar-refractivity contribution in [1.29, 1.82) is 0 Å². The summed E-state index contributed by atoms with van der Waals surface area (Å²) < 4.78 is 7.42. The number of fused-ring (bicyclic) bond motifs is 3.